The Morgan fingerprint density at radius 1 is 1.09 bits per heavy atom. The number of hydrogen-bond donors (Lipinski definition) is 2. The van der Waals surface area contributed by atoms with E-state index in [1.165, 1.54) is 19.2 Å². The molecule has 0 radical (unpaired) electrons. The van der Waals surface area contributed by atoms with Gasteiger partial charge < -0.3 is 14.9 Å². The molecule has 3 aromatic rings. The molecule has 1 aromatic heterocycles. The number of rotatable bonds is 3. The minimum atomic E-state index is -1.01. The zero-order valence-electron chi connectivity index (χ0n) is 11.8. The summed E-state index contributed by atoms with van der Waals surface area (Å²) >= 11 is 0. The Bertz CT molecular complexity index is 874. The molecule has 0 spiro atoms. The van der Waals surface area contributed by atoms with E-state index in [1.54, 1.807) is 30.3 Å². The third kappa shape index (κ3) is 2.44. The van der Waals surface area contributed by atoms with Crippen LogP contribution in [-0.4, -0.2) is 28.3 Å². The van der Waals surface area contributed by atoms with Gasteiger partial charge in [0, 0.05) is 10.9 Å². The van der Waals surface area contributed by atoms with Gasteiger partial charge in [-0.25, -0.2) is 9.78 Å². The topological polar surface area (TPSA) is 79.7 Å². The molecule has 2 aromatic carbocycles. The van der Waals surface area contributed by atoms with Crippen molar-refractivity contribution in [3.8, 4) is 22.8 Å². The monoisotopic (exact) mass is 295 g/mol. The van der Waals surface area contributed by atoms with E-state index in [0.717, 1.165) is 10.9 Å². The summed E-state index contributed by atoms with van der Waals surface area (Å²) in [6.07, 6.45) is 0. The molecule has 1 heterocycles. The van der Waals surface area contributed by atoms with Crippen molar-refractivity contribution in [3.63, 3.8) is 0 Å². The van der Waals surface area contributed by atoms with E-state index < -0.39 is 5.97 Å². The minimum Gasteiger partial charge on any atom is -0.508 e. The highest BCUT2D eigenvalue weighted by Gasteiger charge is 2.12. The van der Waals surface area contributed by atoms with Crippen molar-refractivity contribution in [1.82, 2.24) is 4.98 Å². The number of fused-ring (bicyclic) bond motifs is 1. The molecule has 22 heavy (non-hydrogen) atoms. The van der Waals surface area contributed by atoms with Crippen molar-refractivity contribution in [2.75, 3.05) is 7.11 Å². The number of benzene rings is 2. The van der Waals surface area contributed by atoms with Crippen LogP contribution in [0.15, 0.2) is 48.5 Å². The second kappa shape index (κ2) is 5.37. The first kappa shape index (κ1) is 13.9. The predicted molar refractivity (Wildman–Crippen MR) is 82.4 cm³/mol. The third-order valence-electron chi connectivity index (χ3n) is 3.40. The van der Waals surface area contributed by atoms with Gasteiger partial charge in [-0.2, -0.15) is 0 Å². The summed E-state index contributed by atoms with van der Waals surface area (Å²) in [5.41, 5.74) is 2.28. The van der Waals surface area contributed by atoms with E-state index in [2.05, 4.69) is 4.98 Å². The second-order valence-corrected chi connectivity index (χ2v) is 4.79. The molecule has 0 fully saturated rings. The Balaban J connectivity index is 2.14. The fourth-order valence-electron chi connectivity index (χ4n) is 2.30. The van der Waals surface area contributed by atoms with E-state index in [9.17, 15) is 9.90 Å². The highest BCUT2D eigenvalue weighted by Crippen LogP contribution is 2.31. The van der Waals surface area contributed by atoms with Gasteiger partial charge in [0.1, 0.15) is 11.5 Å². The van der Waals surface area contributed by atoms with Crippen molar-refractivity contribution < 1.29 is 19.7 Å². The molecule has 0 amide bonds. The molecule has 0 unspecified atom stereocenters. The van der Waals surface area contributed by atoms with Crippen LogP contribution in [0.1, 0.15) is 10.4 Å². The van der Waals surface area contributed by atoms with E-state index in [-0.39, 0.29) is 11.3 Å². The van der Waals surface area contributed by atoms with E-state index in [0.29, 0.717) is 17.0 Å². The lowest BCUT2D eigenvalue weighted by atomic mass is 10.1. The number of phenolic OH excluding ortho intramolecular Hbond substituents is 1. The molecule has 0 saturated heterocycles. The number of hydrogen-bond acceptors (Lipinski definition) is 4. The van der Waals surface area contributed by atoms with Gasteiger partial charge in [0.15, 0.2) is 0 Å². The Hall–Kier alpha value is -3.08. The molecular weight excluding hydrogens is 282 g/mol. The van der Waals surface area contributed by atoms with Crippen LogP contribution in [-0.2, 0) is 0 Å². The molecule has 0 saturated carbocycles. The Labute approximate surface area is 126 Å². The van der Waals surface area contributed by atoms with Crippen LogP contribution in [0, 0.1) is 0 Å². The van der Waals surface area contributed by atoms with Gasteiger partial charge in [-0.15, -0.1) is 0 Å². The fraction of sp³-hybridized carbons (Fsp3) is 0.0588. The maximum atomic E-state index is 11.0. The number of aromatic nitrogens is 1. The number of ether oxygens (including phenoxy) is 1. The quantitative estimate of drug-likeness (QED) is 0.775. The molecule has 0 aliphatic carbocycles. The molecule has 0 bridgehead atoms. The SMILES string of the molecule is COc1cc(C(=O)O)ccc1-c1ccc2cc(O)ccc2n1. The normalized spacial score (nSPS) is 10.6. The van der Waals surface area contributed by atoms with Gasteiger partial charge >= 0.3 is 5.97 Å². The number of methoxy groups -OCH3 is 1. The van der Waals surface area contributed by atoms with E-state index in [4.69, 9.17) is 9.84 Å². The molecule has 3 rings (SSSR count). The number of nitrogens with zero attached hydrogens (tertiary/aromatic N) is 1. The zero-order chi connectivity index (χ0) is 15.7. The van der Waals surface area contributed by atoms with Gasteiger partial charge in [0.05, 0.1) is 23.9 Å². The average molecular weight is 295 g/mol. The number of carboxylic acids is 1. The average Bonchev–Trinajstić information content (AvgIpc) is 2.53. The maximum Gasteiger partial charge on any atom is 0.335 e. The highest BCUT2D eigenvalue weighted by atomic mass is 16.5. The van der Waals surface area contributed by atoms with Gasteiger partial charge in [-0.1, -0.05) is 6.07 Å². The van der Waals surface area contributed by atoms with Gasteiger partial charge in [0.25, 0.3) is 0 Å². The van der Waals surface area contributed by atoms with Gasteiger partial charge in [0.2, 0.25) is 0 Å². The second-order valence-electron chi connectivity index (χ2n) is 4.79. The number of aromatic carboxylic acids is 1. The van der Waals surface area contributed by atoms with Gasteiger partial charge in [-0.05, 0) is 42.5 Å². The molecular formula is C17H13NO4. The number of carboxylic acid groups (broad SMARTS) is 1. The van der Waals surface area contributed by atoms with Crippen molar-refractivity contribution in [1.29, 1.82) is 0 Å². The lowest BCUT2D eigenvalue weighted by molar-refractivity contribution is 0.0696. The Morgan fingerprint density at radius 2 is 1.91 bits per heavy atom. The summed E-state index contributed by atoms with van der Waals surface area (Å²) in [6, 6.07) is 13.3. The maximum absolute atomic E-state index is 11.0. The number of phenols is 1. The van der Waals surface area contributed by atoms with Crippen LogP contribution in [0.4, 0.5) is 0 Å². The minimum absolute atomic E-state index is 0.159. The molecule has 0 aliphatic heterocycles. The lowest BCUT2D eigenvalue weighted by Crippen LogP contribution is -1.98. The fourth-order valence-corrected chi connectivity index (χ4v) is 2.30. The smallest absolute Gasteiger partial charge is 0.335 e. The first-order chi connectivity index (χ1) is 10.6. The highest BCUT2D eigenvalue weighted by molar-refractivity contribution is 5.90. The van der Waals surface area contributed by atoms with E-state index >= 15 is 0 Å². The van der Waals surface area contributed by atoms with Crippen molar-refractivity contribution in [2.45, 2.75) is 0 Å². The number of pyridine rings is 1. The first-order valence-electron chi connectivity index (χ1n) is 6.60. The summed E-state index contributed by atoms with van der Waals surface area (Å²) in [7, 11) is 1.49. The molecule has 5 heteroatoms. The first-order valence-corrected chi connectivity index (χ1v) is 6.60. The lowest BCUT2D eigenvalue weighted by Gasteiger charge is -2.10. The molecule has 110 valence electrons. The summed E-state index contributed by atoms with van der Waals surface area (Å²) < 4.78 is 5.28. The van der Waals surface area contributed by atoms with Crippen molar-refractivity contribution in [3.05, 3.63) is 54.1 Å². The van der Waals surface area contributed by atoms with Crippen LogP contribution < -0.4 is 4.74 Å². The Morgan fingerprint density at radius 3 is 2.64 bits per heavy atom. The Kier molecular flexibility index (Phi) is 3.39. The molecule has 0 aliphatic rings. The molecule has 2 N–H and O–H groups in total. The third-order valence-corrected chi connectivity index (χ3v) is 3.40. The number of carbonyl (C=O) groups is 1. The predicted octanol–water partition coefficient (Wildman–Crippen LogP) is 3.31. The van der Waals surface area contributed by atoms with Crippen LogP contribution in [0.2, 0.25) is 0 Å². The molecule has 5 nitrogen and oxygen atoms in total. The standard InChI is InChI=1S/C17H13NO4/c1-22-16-9-11(17(20)21)2-5-13(16)15-6-3-10-8-12(19)4-7-14(10)18-15/h2-9,19H,1H3,(H,20,21). The zero-order valence-corrected chi connectivity index (χ0v) is 11.8. The molecule has 0 atom stereocenters. The summed E-state index contributed by atoms with van der Waals surface area (Å²) in [4.78, 5) is 15.6. The van der Waals surface area contributed by atoms with Crippen molar-refractivity contribution >= 4 is 16.9 Å². The van der Waals surface area contributed by atoms with Crippen LogP contribution in [0.3, 0.4) is 0 Å². The van der Waals surface area contributed by atoms with Crippen LogP contribution in [0.5, 0.6) is 11.5 Å². The van der Waals surface area contributed by atoms with Crippen molar-refractivity contribution in [2.24, 2.45) is 0 Å². The summed E-state index contributed by atoms with van der Waals surface area (Å²) in [5, 5.41) is 19.3. The summed E-state index contributed by atoms with van der Waals surface area (Å²) in [6.45, 7) is 0. The van der Waals surface area contributed by atoms with Crippen LogP contribution >= 0.6 is 0 Å². The van der Waals surface area contributed by atoms with Crippen LogP contribution in [0.25, 0.3) is 22.2 Å². The van der Waals surface area contributed by atoms with E-state index in [1.807, 2.05) is 6.07 Å². The largest absolute Gasteiger partial charge is 0.508 e. The van der Waals surface area contributed by atoms with Gasteiger partial charge in [-0.3, -0.25) is 0 Å². The summed E-state index contributed by atoms with van der Waals surface area (Å²) in [5.74, 6) is -0.372. The number of aromatic hydroxyl groups is 1.